The third-order valence-electron chi connectivity index (χ3n) is 2.95. The summed E-state index contributed by atoms with van der Waals surface area (Å²) in [5.74, 6) is 0.764. The molecule has 3 nitrogen and oxygen atoms in total. The van der Waals surface area contributed by atoms with Crippen LogP contribution >= 0.6 is 0 Å². The van der Waals surface area contributed by atoms with Crippen LogP contribution in [-0.2, 0) is 9.59 Å². The number of carbonyl (C=O) groups excluding carboxylic acids is 2. The Balaban J connectivity index is 2.58. The molecule has 0 radical (unpaired) electrons. The SMILES string of the molecule is C=C[C@H]1CN(C(C)=O)CC[C@H]1CC=O. The predicted octanol–water partition coefficient (Wildman–Crippen LogP) is 1.25. The molecule has 1 rings (SSSR count). The first-order chi connectivity index (χ1) is 6.69. The lowest BCUT2D eigenvalue weighted by atomic mass is 9.83. The van der Waals surface area contributed by atoms with Crippen molar-refractivity contribution in [1.82, 2.24) is 4.90 Å². The molecule has 78 valence electrons. The van der Waals surface area contributed by atoms with E-state index in [-0.39, 0.29) is 11.8 Å². The smallest absolute Gasteiger partial charge is 0.219 e. The second-order valence-corrected chi connectivity index (χ2v) is 3.82. The lowest BCUT2D eigenvalue weighted by Crippen LogP contribution is -2.42. The van der Waals surface area contributed by atoms with Gasteiger partial charge in [-0.25, -0.2) is 0 Å². The molecule has 1 saturated heterocycles. The van der Waals surface area contributed by atoms with Crippen molar-refractivity contribution in [2.45, 2.75) is 19.8 Å². The van der Waals surface area contributed by atoms with Gasteiger partial charge in [-0.3, -0.25) is 4.79 Å². The maximum atomic E-state index is 11.1. The number of likely N-dealkylation sites (tertiary alicyclic amines) is 1. The number of hydrogen-bond donors (Lipinski definition) is 0. The molecule has 1 aliphatic heterocycles. The van der Waals surface area contributed by atoms with Crippen molar-refractivity contribution in [1.29, 1.82) is 0 Å². The quantitative estimate of drug-likeness (QED) is 0.502. The first-order valence-corrected chi connectivity index (χ1v) is 5.00. The van der Waals surface area contributed by atoms with E-state index in [2.05, 4.69) is 6.58 Å². The molecule has 1 amide bonds. The monoisotopic (exact) mass is 195 g/mol. The molecule has 2 atom stereocenters. The average Bonchev–Trinajstić information content (AvgIpc) is 2.18. The molecular weight excluding hydrogens is 178 g/mol. The van der Waals surface area contributed by atoms with Gasteiger partial charge in [0.1, 0.15) is 6.29 Å². The zero-order valence-corrected chi connectivity index (χ0v) is 8.61. The van der Waals surface area contributed by atoms with Gasteiger partial charge in [-0.05, 0) is 18.3 Å². The molecule has 0 saturated carbocycles. The van der Waals surface area contributed by atoms with E-state index in [0.717, 1.165) is 25.8 Å². The molecule has 0 aromatic heterocycles. The van der Waals surface area contributed by atoms with Crippen LogP contribution < -0.4 is 0 Å². The van der Waals surface area contributed by atoms with E-state index in [1.54, 1.807) is 6.92 Å². The average molecular weight is 195 g/mol. The van der Waals surface area contributed by atoms with Gasteiger partial charge in [0, 0.05) is 26.4 Å². The molecule has 14 heavy (non-hydrogen) atoms. The molecule has 1 fully saturated rings. The topological polar surface area (TPSA) is 37.4 Å². The van der Waals surface area contributed by atoms with Crippen LogP contribution in [0.2, 0.25) is 0 Å². The fraction of sp³-hybridized carbons (Fsp3) is 0.636. The molecule has 0 N–H and O–H groups in total. The van der Waals surface area contributed by atoms with Crippen molar-refractivity contribution >= 4 is 12.2 Å². The molecule has 1 aliphatic rings. The van der Waals surface area contributed by atoms with E-state index >= 15 is 0 Å². The van der Waals surface area contributed by atoms with Gasteiger partial charge >= 0.3 is 0 Å². The van der Waals surface area contributed by atoms with Gasteiger partial charge in [0.2, 0.25) is 5.91 Å². The van der Waals surface area contributed by atoms with Gasteiger partial charge in [0.15, 0.2) is 0 Å². The highest BCUT2D eigenvalue weighted by Gasteiger charge is 2.27. The molecule has 0 aliphatic carbocycles. The summed E-state index contributed by atoms with van der Waals surface area (Å²) in [5, 5.41) is 0. The number of nitrogens with zero attached hydrogens (tertiary/aromatic N) is 1. The predicted molar refractivity (Wildman–Crippen MR) is 54.7 cm³/mol. The zero-order chi connectivity index (χ0) is 10.6. The van der Waals surface area contributed by atoms with E-state index in [4.69, 9.17) is 0 Å². The van der Waals surface area contributed by atoms with E-state index in [9.17, 15) is 9.59 Å². The van der Waals surface area contributed by atoms with Crippen LogP contribution in [0.4, 0.5) is 0 Å². The molecule has 0 unspecified atom stereocenters. The normalized spacial score (nSPS) is 27.1. The first-order valence-electron chi connectivity index (χ1n) is 5.00. The van der Waals surface area contributed by atoms with Crippen molar-refractivity contribution in [2.24, 2.45) is 11.8 Å². The van der Waals surface area contributed by atoms with Crippen LogP contribution in [0.15, 0.2) is 12.7 Å². The second kappa shape index (κ2) is 4.94. The Hall–Kier alpha value is -1.12. The van der Waals surface area contributed by atoms with Crippen molar-refractivity contribution < 1.29 is 9.59 Å². The van der Waals surface area contributed by atoms with Crippen molar-refractivity contribution in [2.75, 3.05) is 13.1 Å². The third kappa shape index (κ3) is 2.44. The lowest BCUT2D eigenvalue weighted by Gasteiger charge is -2.36. The Kier molecular flexibility index (Phi) is 3.86. The van der Waals surface area contributed by atoms with Gasteiger partial charge < -0.3 is 9.69 Å². The van der Waals surface area contributed by atoms with Gasteiger partial charge in [0.25, 0.3) is 0 Å². The van der Waals surface area contributed by atoms with Gasteiger partial charge in [-0.1, -0.05) is 6.08 Å². The number of hydrogen-bond acceptors (Lipinski definition) is 2. The second-order valence-electron chi connectivity index (χ2n) is 3.82. The Morgan fingerprint density at radius 2 is 2.36 bits per heavy atom. The van der Waals surface area contributed by atoms with Crippen molar-refractivity contribution in [3.05, 3.63) is 12.7 Å². The molecule has 1 heterocycles. The standard InChI is InChI=1S/C11H17NO2/c1-3-10-8-12(9(2)14)6-4-11(10)5-7-13/h3,7,10-11H,1,4-6,8H2,2H3/t10-,11-/m0/s1. The number of amides is 1. The molecule has 0 bridgehead atoms. The molecular formula is C11H17NO2. The van der Waals surface area contributed by atoms with Crippen LogP contribution in [0.3, 0.4) is 0 Å². The lowest BCUT2D eigenvalue weighted by molar-refractivity contribution is -0.131. The summed E-state index contributed by atoms with van der Waals surface area (Å²) in [7, 11) is 0. The van der Waals surface area contributed by atoms with Crippen LogP contribution in [-0.4, -0.2) is 30.2 Å². The summed E-state index contributed by atoms with van der Waals surface area (Å²) in [6.07, 6.45) is 4.32. The third-order valence-corrected chi connectivity index (χ3v) is 2.95. The van der Waals surface area contributed by atoms with Crippen LogP contribution in [0, 0.1) is 11.8 Å². The minimum atomic E-state index is 0.112. The molecule has 0 spiro atoms. The van der Waals surface area contributed by atoms with Gasteiger partial charge in [-0.2, -0.15) is 0 Å². The Morgan fingerprint density at radius 3 is 2.86 bits per heavy atom. The van der Waals surface area contributed by atoms with Crippen LogP contribution in [0.25, 0.3) is 0 Å². The first kappa shape index (κ1) is 11.0. The minimum absolute atomic E-state index is 0.112. The fourth-order valence-corrected chi connectivity index (χ4v) is 2.00. The summed E-state index contributed by atoms with van der Waals surface area (Å²) in [5.41, 5.74) is 0. The summed E-state index contributed by atoms with van der Waals surface area (Å²) in [6.45, 7) is 6.84. The maximum absolute atomic E-state index is 11.1. The fourth-order valence-electron chi connectivity index (χ4n) is 2.00. The zero-order valence-electron chi connectivity index (χ0n) is 8.61. The maximum Gasteiger partial charge on any atom is 0.219 e. The molecule has 0 aromatic rings. The molecule has 3 heteroatoms. The summed E-state index contributed by atoms with van der Waals surface area (Å²) in [4.78, 5) is 23.4. The van der Waals surface area contributed by atoms with Crippen LogP contribution in [0.5, 0.6) is 0 Å². The number of rotatable bonds is 3. The van der Waals surface area contributed by atoms with Crippen molar-refractivity contribution in [3.8, 4) is 0 Å². The number of piperidine rings is 1. The van der Waals surface area contributed by atoms with Crippen molar-refractivity contribution in [3.63, 3.8) is 0 Å². The highest BCUT2D eigenvalue weighted by molar-refractivity contribution is 5.73. The molecule has 0 aromatic carbocycles. The Morgan fingerprint density at radius 1 is 1.64 bits per heavy atom. The van der Waals surface area contributed by atoms with Crippen LogP contribution in [0.1, 0.15) is 19.8 Å². The van der Waals surface area contributed by atoms with E-state index in [1.165, 1.54) is 0 Å². The highest BCUT2D eigenvalue weighted by atomic mass is 16.2. The number of aldehydes is 1. The highest BCUT2D eigenvalue weighted by Crippen LogP contribution is 2.26. The van der Waals surface area contributed by atoms with Gasteiger partial charge in [-0.15, -0.1) is 6.58 Å². The van der Waals surface area contributed by atoms with Gasteiger partial charge in [0.05, 0.1) is 0 Å². The van der Waals surface area contributed by atoms with E-state index in [1.807, 2.05) is 11.0 Å². The summed E-state index contributed by atoms with van der Waals surface area (Å²) in [6, 6.07) is 0. The Labute approximate surface area is 84.8 Å². The largest absolute Gasteiger partial charge is 0.342 e. The summed E-state index contributed by atoms with van der Waals surface area (Å²) < 4.78 is 0. The minimum Gasteiger partial charge on any atom is -0.342 e. The summed E-state index contributed by atoms with van der Waals surface area (Å²) >= 11 is 0. The Bertz CT molecular complexity index is 237. The number of carbonyl (C=O) groups is 2. The van der Waals surface area contributed by atoms with E-state index in [0.29, 0.717) is 12.3 Å². The van der Waals surface area contributed by atoms with E-state index < -0.39 is 0 Å².